The zero-order valence-electron chi connectivity index (χ0n) is 14.3. The number of carbonyl (C=O) groups is 1. The van der Waals surface area contributed by atoms with Gasteiger partial charge in [-0.05, 0) is 31.7 Å². The first-order chi connectivity index (χ1) is 12.3. The van der Waals surface area contributed by atoms with E-state index in [0.717, 1.165) is 29.7 Å². The molecular weight excluding hydrogens is 349 g/mol. The Kier molecular flexibility index (Phi) is 5.19. The number of rotatable bonds is 4. The molecule has 1 fully saturated rings. The minimum atomic E-state index is -4.40. The van der Waals surface area contributed by atoms with Crippen LogP contribution in [0.3, 0.4) is 0 Å². The van der Waals surface area contributed by atoms with Gasteiger partial charge in [0.25, 0.3) is 0 Å². The van der Waals surface area contributed by atoms with Crippen LogP contribution in [-0.2, 0) is 0 Å². The molecule has 0 bridgehead atoms. The number of H-pyrrole nitrogens is 1. The Hall–Kier alpha value is -2.52. The highest BCUT2D eigenvalue weighted by molar-refractivity contribution is 5.87. The quantitative estimate of drug-likeness (QED) is 0.772. The summed E-state index contributed by atoms with van der Waals surface area (Å²) in [6, 6.07) is 1.29. The monoisotopic (exact) mass is 370 g/mol. The number of aromatic amines is 1. The molecule has 3 rings (SSSR count). The Balaban J connectivity index is 1.52. The van der Waals surface area contributed by atoms with Gasteiger partial charge in [0, 0.05) is 25.3 Å². The van der Waals surface area contributed by atoms with Crippen molar-refractivity contribution in [1.29, 1.82) is 0 Å². The number of nitrogens with zero attached hydrogens (tertiary/aromatic N) is 3. The van der Waals surface area contributed by atoms with Crippen LogP contribution in [0, 0.1) is 0 Å². The summed E-state index contributed by atoms with van der Waals surface area (Å²) in [7, 11) is 1.98. The molecule has 0 spiro atoms. The molecule has 1 saturated carbocycles. The Labute approximate surface area is 148 Å². The summed E-state index contributed by atoms with van der Waals surface area (Å²) < 4.78 is 36.4. The zero-order chi connectivity index (χ0) is 18.7. The highest BCUT2D eigenvalue weighted by Crippen LogP contribution is 2.29. The lowest BCUT2D eigenvalue weighted by atomic mass is 9.90. The van der Waals surface area contributed by atoms with Gasteiger partial charge in [-0.25, -0.2) is 14.8 Å². The van der Waals surface area contributed by atoms with Gasteiger partial charge in [-0.2, -0.15) is 13.2 Å². The van der Waals surface area contributed by atoms with Crippen LogP contribution in [0.2, 0.25) is 0 Å². The molecule has 0 aliphatic heterocycles. The predicted molar refractivity (Wildman–Crippen MR) is 90.9 cm³/mol. The van der Waals surface area contributed by atoms with Gasteiger partial charge in [0.2, 0.25) is 0 Å². The summed E-state index contributed by atoms with van der Waals surface area (Å²) in [6.45, 7) is -1.32. The van der Waals surface area contributed by atoms with Crippen LogP contribution in [-0.4, -0.2) is 52.8 Å². The Morgan fingerprint density at radius 2 is 2.04 bits per heavy atom. The van der Waals surface area contributed by atoms with Crippen molar-refractivity contribution in [3.8, 4) is 0 Å². The molecule has 2 aromatic heterocycles. The van der Waals surface area contributed by atoms with Crippen molar-refractivity contribution >= 4 is 22.9 Å². The highest BCUT2D eigenvalue weighted by Gasteiger charge is 2.29. The second kappa shape index (κ2) is 7.38. The van der Waals surface area contributed by atoms with Crippen molar-refractivity contribution in [3.05, 3.63) is 18.6 Å². The lowest BCUT2D eigenvalue weighted by Gasteiger charge is -2.35. The number of hydrogen-bond donors (Lipinski definition) is 3. The van der Waals surface area contributed by atoms with E-state index in [0.29, 0.717) is 12.8 Å². The molecule has 7 nitrogen and oxygen atoms in total. The number of halogens is 3. The van der Waals surface area contributed by atoms with Crippen LogP contribution in [0.15, 0.2) is 18.6 Å². The number of amides is 2. The summed E-state index contributed by atoms with van der Waals surface area (Å²) in [5.74, 6) is 0.843. The molecule has 3 N–H and O–H groups in total. The third-order valence-corrected chi connectivity index (χ3v) is 4.70. The Morgan fingerprint density at radius 3 is 2.73 bits per heavy atom. The van der Waals surface area contributed by atoms with E-state index < -0.39 is 18.8 Å². The third-order valence-electron chi connectivity index (χ3n) is 4.70. The maximum absolute atomic E-state index is 12.1. The Bertz CT molecular complexity index is 754. The second-order valence-electron chi connectivity index (χ2n) is 6.50. The van der Waals surface area contributed by atoms with Crippen LogP contribution in [0.1, 0.15) is 25.7 Å². The van der Waals surface area contributed by atoms with E-state index in [9.17, 15) is 18.0 Å². The average Bonchev–Trinajstić information content (AvgIpc) is 3.08. The van der Waals surface area contributed by atoms with Crippen molar-refractivity contribution < 1.29 is 18.0 Å². The van der Waals surface area contributed by atoms with Crippen LogP contribution in [0.4, 0.5) is 23.8 Å². The van der Waals surface area contributed by atoms with Crippen molar-refractivity contribution in [2.75, 3.05) is 18.5 Å². The van der Waals surface area contributed by atoms with E-state index >= 15 is 0 Å². The lowest BCUT2D eigenvalue weighted by molar-refractivity contribution is -0.122. The highest BCUT2D eigenvalue weighted by atomic mass is 19.4. The van der Waals surface area contributed by atoms with Crippen molar-refractivity contribution in [2.45, 2.75) is 43.9 Å². The molecule has 2 heterocycles. The summed E-state index contributed by atoms with van der Waals surface area (Å²) >= 11 is 0. The number of fused-ring (bicyclic) bond motifs is 1. The fraction of sp³-hybridized carbons (Fsp3) is 0.562. The van der Waals surface area contributed by atoms with Crippen LogP contribution in [0.5, 0.6) is 0 Å². The first kappa shape index (κ1) is 18.3. The summed E-state index contributed by atoms with van der Waals surface area (Å²) in [6.07, 6.45) is 1.97. The van der Waals surface area contributed by atoms with E-state index in [4.69, 9.17) is 0 Å². The standard InChI is InChI=1S/C16H21F3N6O/c1-25(14-12-6-7-20-13(12)22-9-23-14)11-4-2-10(3-5-11)24-15(26)21-8-16(17,18)19/h6-7,9-11H,2-5,8H2,1H3,(H,20,22,23)(H2,21,24,26)/t10-,11-. The molecule has 142 valence electrons. The number of urea groups is 1. The summed E-state index contributed by atoms with van der Waals surface area (Å²) in [5, 5.41) is 5.40. The van der Waals surface area contributed by atoms with Crippen LogP contribution in [0.25, 0.3) is 11.0 Å². The SMILES string of the molecule is CN(c1ncnc2[nH]ccc12)[C@H]1CC[C@H](NC(=O)NCC(F)(F)F)CC1. The van der Waals surface area contributed by atoms with E-state index in [-0.39, 0.29) is 12.1 Å². The molecule has 26 heavy (non-hydrogen) atoms. The molecule has 2 amide bonds. The first-order valence-electron chi connectivity index (χ1n) is 8.45. The van der Waals surface area contributed by atoms with E-state index in [1.807, 2.05) is 24.6 Å². The van der Waals surface area contributed by atoms with Gasteiger partial charge in [-0.3, -0.25) is 0 Å². The lowest BCUT2D eigenvalue weighted by Crippen LogP contribution is -2.48. The minimum Gasteiger partial charge on any atom is -0.356 e. The predicted octanol–water partition coefficient (Wildman–Crippen LogP) is 2.57. The number of hydrogen-bond acceptors (Lipinski definition) is 4. The van der Waals surface area contributed by atoms with Gasteiger partial charge in [0.05, 0.1) is 5.39 Å². The fourth-order valence-electron chi connectivity index (χ4n) is 3.34. The number of nitrogens with one attached hydrogen (secondary N) is 3. The van der Waals surface area contributed by atoms with Gasteiger partial charge < -0.3 is 20.5 Å². The third kappa shape index (κ3) is 4.36. The Morgan fingerprint density at radius 1 is 1.31 bits per heavy atom. The molecule has 1 aliphatic carbocycles. The largest absolute Gasteiger partial charge is 0.405 e. The minimum absolute atomic E-state index is 0.120. The molecule has 0 aromatic carbocycles. The van der Waals surface area contributed by atoms with Gasteiger partial charge in [-0.15, -0.1) is 0 Å². The molecule has 0 saturated heterocycles. The van der Waals surface area contributed by atoms with Gasteiger partial charge in [0.15, 0.2) is 0 Å². The van der Waals surface area contributed by atoms with Crippen LogP contribution >= 0.6 is 0 Å². The number of carbonyl (C=O) groups excluding carboxylic acids is 1. The molecule has 0 atom stereocenters. The number of alkyl halides is 3. The summed E-state index contributed by atoms with van der Waals surface area (Å²) in [4.78, 5) is 25.3. The molecule has 0 unspecified atom stereocenters. The maximum Gasteiger partial charge on any atom is 0.405 e. The topological polar surface area (TPSA) is 85.9 Å². The molecular formula is C16H21F3N6O. The van der Waals surface area contributed by atoms with Gasteiger partial charge in [-0.1, -0.05) is 0 Å². The van der Waals surface area contributed by atoms with E-state index in [1.165, 1.54) is 6.33 Å². The fourth-order valence-corrected chi connectivity index (χ4v) is 3.34. The number of anilines is 1. The van der Waals surface area contributed by atoms with Gasteiger partial charge in [0.1, 0.15) is 24.3 Å². The summed E-state index contributed by atoms with van der Waals surface area (Å²) in [5.41, 5.74) is 0.776. The van der Waals surface area contributed by atoms with Gasteiger partial charge >= 0.3 is 12.2 Å². The van der Waals surface area contributed by atoms with Crippen molar-refractivity contribution in [2.24, 2.45) is 0 Å². The normalized spacial score (nSPS) is 20.8. The molecule has 1 aliphatic rings. The molecule has 10 heteroatoms. The zero-order valence-corrected chi connectivity index (χ0v) is 14.3. The smallest absolute Gasteiger partial charge is 0.356 e. The molecule has 2 aromatic rings. The first-order valence-corrected chi connectivity index (χ1v) is 8.45. The second-order valence-corrected chi connectivity index (χ2v) is 6.50. The number of aromatic nitrogens is 3. The average molecular weight is 370 g/mol. The maximum atomic E-state index is 12.1. The molecule has 0 radical (unpaired) electrons. The van der Waals surface area contributed by atoms with E-state index in [1.54, 1.807) is 0 Å². The van der Waals surface area contributed by atoms with Crippen molar-refractivity contribution in [1.82, 2.24) is 25.6 Å². The van der Waals surface area contributed by atoms with E-state index in [2.05, 4.69) is 25.2 Å². The van der Waals surface area contributed by atoms with Crippen LogP contribution < -0.4 is 15.5 Å². The van der Waals surface area contributed by atoms with Crippen molar-refractivity contribution in [3.63, 3.8) is 0 Å².